The fraction of sp³-hybridized carbons (Fsp3) is 0.667. The molecule has 0 radical (unpaired) electrons. The van der Waals surface area contributed by atoms with Crippen molar-refractivity contribution in [1.29, 1.82) is 0 Å². The molecule has 5 heteroatoms. The molecule has 94 valence electrons. The Morgan fingerprint density at radius 2 is 1.88 bits per heavy atom. The Kier molecular flexibility index (Phi) is 2.65. The number of halogens is 1. The van der Waals surface area contributed by atoms with Crippen LogP contribution < -0.4 is 10.9 Å². The minimum atomic E-state index is -0.119. The number of aromatic nitrogens is 2. The first-order valence-corrected chi connectivity index (χ1v) is 6.47. The highest BCUT2D eigenvalue weighted by Crippen LogP contribution is 2.63. The van der Waals surface area contributed by atoms with Crippen molar-refractivity contribution in [3.05, 3.63) is 21.0 Å². The molecule has 0 atom stereocenters. The van der Waals surface area contributed by atoms with Crippen molar-refractivity contribution in [2.24, 2.45) is 17.9 Å². The lowest BCUT2D eigenvalue weighted by molar-refractivity contribution is 0.457. The maximum atomic E-state index is 11.7. The fourth-order valence-electron chi connectivity index (χ4n) is 2.32. The van der Waals surface area contributed by atoms with Gasteiger partial charge in [0.25, 0.3) is 5.56 Å². The number of aryl methyl sites for hydroxylation is 1. The van der Waals surface area contributed by atoms with E-state index in [1.165, 1.54) is 4.68 Å². The van der Waals surface area contributed by atoms with Crippen LogP contribution in [0.2, 0.25) is 0 Å². The molecule has 0 aliphatic heterocycles. The molecule has 1 aromatic heterocycles. The van der Waals surface area contributed by atoms with Gasteiger partial charge in [0.05, 0.1) is 11.9 Å². The van der Waals surface area contributed by atoms with Gasteiger partial charge in [-0.3, -0.25) is 4.79 Å². The average Bonchev–Trinajstić information content (AvgIpc) is 2.61. The largest absolute Gasteiger partial charge is 0.379 e. The minimum Gasteiger partial charge on any atom is -0.379 e. The van der Waals surface area contributed by atoms with Crippen LogP contribution in [0.1, 0.15) is 27.7 Å². The van der Waals surface area contributed by atoms with Gasteiger partial charge in [-0.25, -0.2) is 4.68 Å². The number of nitrogens with one attached hydrogen (secondary N) is 1. The molecule has 1 N–H and O–H groups in total. The first-order chi connectivity index (χ1) is 7.69. The first kappa shape index (κ1) is 12.6. The predicted molar refractivity (Wildman–Crippen MR) is 72.2 cm³/mol. The molecule has 1 heterocycles. The molecule has 1 aliphatic carbocycles. The number of hydrogen-bond acceptors (Lipinski definition) is 3. The van der Waals surface area contributed by atoms with Crippen molar-refractivity contribution in [3.63, 3.8) is 0 Å². The molecule has 2 rings (SSSR count). The Morgan fingerprint density at radius 3 is 2.35 bits per heavy atom. The normalized spacial score (nSPS) is 21.3. The maximum Gasteiger partial charge on any atom is 0.282 e. The molecule has 17 heavy (non-hydrogen) atoms. The van der Waals surface area contributed by atoms with Crippen molar-refractivity contribution in [2.45, 2.75) is 33.7 Å². The van der Waals surface area contributed by atoms with Crippen LogP contribution in [-0.4, -0.2) is 15.8 Å². The molecule has 4 nitrogen and oxygen atoms in total. The summed E-state index contributed by atoms with van der Waals surface area (Å²) in [7, 11) is 1.64. The van der Waals surface area contributed by atoms with Gasteiger partial charge >= 0.3 is 0 Å². The summed E-state index contributed by atoms with van der Waals surface area (Å²) in [6.07, 6.45) is 1.69. The first-order valence-electron chi connectivity index (χ1n) is 5.68. The van der Waals surface area contributed by atoms with E-state index in [1.807, 2.05) is 0 Å². The van der Waals surface area contributed by atoms with Gasteiger partial charge in [0.15, 0.2) is 0 Å². The monoisotopic (exact) mass is 299 g/mol. The van der Waals surface area contributed by atoms with Gasteiger partial charge in [-0.05, 0) is 26.8 Å². The van der Waals surface area contributed by atoms with Gasteiger partial charge in [0.2, 0.25) is 0 Å². The molecule has 1 saturated carbocycles. The third-order valence-electron chi connectivity index (χ3n) is 4.40. The highest BCUT2D eigenvalue weighted by Gasteiger charge is 2.65. The van der Waals surface area contributed by atoms with Gasteiger partial charge in [-0.2, -0.15) is 5.10 Å². The Bertz CT molecular complexity index is 505. The third kappa shape index (κ3) is 1.71. The molecular formula is C12H18BrN3O. The molecule has 0 bridgehead atoms. The highest BCUT2D eigenvalue weighted by atomic mass is 79.9. The van der Waals surface area contributed by atoms with E-state index in [1.54, 1.807) is 13.2 Å². The lowest BCUT2D eigenvalue weighted by Gasteiger charge is -2.10. The van der Waals surface area contributed by atoms with Crippen LogP contribution in [0, 0.1) is 10.8 Å². The third-order valence-corrected chi connectivity index (χ3v) is 5.17. The number of nitrogens with zero attached hydrogens (tertiary/aromatic N) is 2. The SMILES string of the molecule is Cn1ncc(NC2C(C)(C)C2(C)C)c(Br)c1=O. The van der Waals surface area contributed by atoms with Crippen LogP contribution in [0.25, 0.3) is 0 Å². The molecule has 0 spiro atoms. The summed E-state index contributed by atoms with van der Waals surface area (Å²) in [5.74, 6) is 0. The predicted octanol–water partition coefficient (Wildman–Crippen LogP) is 2.39. The average molecular weight is 300 g/mol. The van der Waals surface area contributed by atoms with E-state index in [-0.39, 0.29) is 16.4 Å². The van der Waals surface area contributed by atoms with Crippen molar-refractivity contribution >= 4 is 21.6 Å². The van der Waals surface area contributed by atoms with E-state index in [2.05, 4.69) is 54.0 Å². The van der Waals surface area contributed by atoms with Crippen molar-refractivity contribution in [3.8, 4) is 0 Å². The maximum absolute atomic E-state index is 11.7. The number of anilines is 1. The van der Waals surface area contributed by atoms with Crippen LogP contribution in [0.5, 0.6) is 0 Å². The van der Waals surface area contributed by atoms with Crippen LogP contribution in [0.4, 0.5) is 5.69 Å². The Morgan fingerprint density at radius 1 is 1.35 bits per heavy atom. The molecule has 0 aromatic carbocycles. The second-order valence-electron chi connectivity index (χ2n) is 5.82. The van der Waals surface area contributed by atoms with E-state index in [0.29, 0.717) is 10.5 Å². The summed E-state index contributed by atoms with van der Waals surface area (Å²) in [5.41, 5.74) is 1.11. The van der Waals surface area contributed by atoms with E-state index in [9.17, 15) is 4.79 Å². The van der Waals surface area contributed by atoms with E-state index < -0.39 is 0 Å². The Labute approximate surface area is 110 Å². The van der Waals surface area contributed by atoms with Gasteiger partial charge < -0.3 is 5.32 Å². The van der Waals surface area contributed by atoms with E-state index in [4.69, 9.17) is 0 Å². The Hall–Kier alpha value is -0.840. The summed E-state index contributed by atoms with van der Waals surface area (Å²) >= 11 is 3.33. The van der Waals surface area contributed by atoms with Crippen molar-refractivity contribution in [2.75, 3.05) is 5.32 Å². The smallest absolute Gasteiger partial charge is 0.282 e. The zero-order chi connectivity index (χ0) is 13.0. The van der Waals surface area contributed by atoms with Gasteiger partial charge in [-0.1, -0.05) is 27.7 Å². The fourth-order valence-corrected chi connectivity index (χ4v) is 2.80. The quantitative estimate of drug-likeness (QED) is 0.912. The Balaban J connectivity index is 2.29. The molecule has 1 aromatic rings. The van der Waals surface area contributed by atoms with Crippen molar-refractivity contribution < 1.29 is 0 Å². The van der Waals surface area contributed by atoms with Crippen LogP contribution >= 0.6 is 15.9 Å². The van der Waals surface area contributed by atoms with Gasteiger partial charge in [0.1, 0.15) is 4.47 Å². The molecule has 0 saturated heterocycles. The van der Waals surface area contributed by atoms with Gasteiger partial charge in [-0.15, -0.1) is 0 Å². The lowest BCUT2D eigenvalue weighted by atomic mass is 10.0. The molecule has 0 unspecified atom stereocenters. The van der Waals surface area contributed by atoms with Crippen LogP contribution in [0.15, 0.2) is 15.5 Å². The topological polar surface area (TPSA) is 46.9 Å². The van der Waals surface area contributed by atoms with Crippen molar-refractivity contribution in [1.82, 2.24) is 9.78 Å². The second-order valence-corrected chi connectivity index (χ2v) is 6.61. The van der Waals surface area contributed by atoms with Crippen LogP contribution in [0.3, 0.4) is 0 Å². The number of hydrogen-bond donors (Lipinski definition) is 1. The molecule has 1 aliphatic rings. The highest BCUT2D eigenvalue weighted by molar-refractivity contribution is 9.10. The molecule has 1 fully saturated rings. The summed E-state index contributed by atoms with van der Waals surface area (Å²) < 4.78 is 1.87. The van der Waals surface area contributed by atoms with E-state index in [0.717, 1.165) is 5.69 Å². The zero-order valence-corrected chi connectivity index (χ0v) is 12.4. The molecular weight excluding hydrogens is 282 g/mol. The summed E-state index contributed by atoms with van der Waals surface area (Å²) in [6.45, 7) is 8.92. The summed E-state index contributed by atoms with van der Waals surface area (Å²) in [6, 6.07) is 0.361. The summed E-state index contributed by atoms with van der Waals surface area (Å²) in [4.78, 5) is 11.7. The zero-order valence-electron chi connectivity index (χ0n) is 10.8. The van der Waals surface area contributed by atoms with Crippen LogP contribution in [-0.2, 0) is 7.05 Å². The second kappa shape index (κ2) is 3.57. The van der Waals surface area contributed by atoms with E-state index >= 15 is 0 Å². The lowest BCUT2D eigenvalue weighted by Crippen LogP contribution is -2.22. The minimum absolute atomic E-state index is 0.119. The van der Waals surface area contributed by atoms with Gasteiger partial charge in [0, 0.05) is 13.1 Å². The molecule has 0 amide bonds. The number of rotatable bonds is 2. The standard InChI is InChI=1S/C12H18BrN3O/c1-11(2)10(12(11,3)4)15-7-6-14-16(5)9(17)8(7)13/h6,10,15H,1-5H3. The summed E-state index contributed by atoms with van der Waals surface area (Å²) in [5, 5.41) is 7.44.